The molecule has 4 aromatic rings. The maximum atomic E-state index is 12.9. The van der Waals surface area contributed by atoms with Gasteiger partial charge in [0.15, 0.2) is 11.5 Å². The number of aliphatic carboxylic acids is 1. The van der Waals surface area contributed by atoms with Crippen molar-refractivity contribution in [1.29, 1.82) is 0 Å². The minimum Gasteiger partial charge on any atom is -0.507 e. The standard InChI is InChI=1S/C51H58O32/c52-13-27-35(61)39(65)43(69)48(80-27)75-20-4-1-17(2-5-20)3-6-32(58)73-15-29-37(63)41(67)45(71)50(82-29)78-25-8-18(7-24(34(25)60)77-49-44(70)40(66)36(62)28(14-53)81-49)47-26(11-21-22(55)9-19(54)10-23(21)76-47)79-51-46(72)42(68)38(64)30(83-51)16-74-33(59)12-31(56)57/h1-11,27-30,35-46,48-53,61-72H,12-16H2,(H3-,54,55,56,57,60)/p+1/b6-3+/t27-,28+,29-,30+,35-,36-,37-,38-,39+,40+,41+,42+,43-,44-,45-,46+,48-,49-,50-,51-/m1/s1. The Morgan fingerprint density at radius 1 is 0.518 bits per heavy atom. The molecule has 0 spiro atoms. The zero-order chi connectivity index (χ0) is 60.3. The second-order valence-electron chi connectivity index (χ2n) is 19.3. The van der Waals surface area contributed by atoms with Gasteiger partial charge in [0.05, 0.1) is 24.8 Å². The van der Waals surface area contributed by atoms with Gasteiger partial charge in [0.25, 0.3) is 0 Å². The Morgan fingerprint density at radius 3 is 1.45 bits per heavy atom. The number of carbonyl (C=O) groups excluding carboxylic acids is 2. The van der Waals surface area contributed by atoms with Gasteiger partial charge in [-0.15, -0.1) is 0 Å². The fourth-order valence-corrected chi connectivity index (χ4v) is 8.89. The summed E-state index contributed by atoms with van der Waals surface area (Å²) in [5.74, 6) is -8.77. The predicted octanol–water partition coefficient (Wildman–Crippen LogP) is -5.50. The second kappa shape index (κ2) is 26.3. The molecule has 454 valence electrons. The van der Waals surface area contributed by atoms with Crippen LogP contribution in [0.5, 0.6) is 40.2 Å². The number of phenols is 3. The van der Waals surface area contributed by atoms with Crippen molar-refractivity contribution in [3.05, 3.63) is 66.2 Å². The van der Waals surface area contributed by atoms with Gasteiger partial charge in [-0.3, -0.25) is 9.59 Å². The molecular weight excluding hydrogens is 1120 g/mol. The molecule has 18 N–H and O–H groups in total. The number of carboxylic acids is 1. The maximum Gasteiger partial charge on any atom is 0.402 e. The van der Waals surface area contributed by atoms with E-state index in [9.17, 15) is 101 Å². The number of hydrogen-bond acceptors (Lipinski definition) is 30. The lowest BCUT2D eigenvalue weighted by Crippen LogP contribution is -2.60. The summed E-state index contributed by atoms with van der Waals surface area (Å²) in [6.45, 7) is -3.34. The zero-order valence-corrected chi connectivity index (χ0v) is 42.7. The number of rotatable bonds is 19. The summed E-state index contributed by atoms with van der Waals surface area (Å²) in [5.41, 5.74) is -0.329. The summed E-state index contributed by atoms with van der Waals surface area (Å²) in [6, 6.07) is 10.5. The Morgan fingerprint density at radius 2 is 0.964 bits per heavy atom. The molecule has 4 aliphatic rings. The Bertz CT molecular complexity index is 2940. The number of phenolic OH excluding ortho intramolecular Hbond substituents is 3. The van der Waals surface area contributed by atoms with Gasteiger partial charge in [0.1, 0.15) is 140 Å². The SMILES string of the molecule is O=C(O)CC(=O)OC[C@@H]1O[C@@H](Oc2cc3c(O)cc(O)cc3[o+]c2-c2cc(O[C@@H]3O[C@@H](CO)[C@@H](O)[C@H](O)[C@H]3O)c(O)c(O[C@@H]3O[C@H](COC(=O)/C=C/c4ccc(O[C@@H]5O[C@H](CO)[C@@H](O)[C@H](O)[C@H]5O)cc4)[C@@H](O)[C@H](O)[C@H]3O)c2)[C@@H](O)[C@@H](O)[C@@H]1O. The van der Waals surface area contributed by atoms with E-state index >= 15 is 0 Å². The van der Waals surface area contributed by atoms with Crippen molar-refractivity contribution >= 4 is 35.0 Å². The van der Waals surface area contributed by atoms with Gasteiger partial charge >= 0.3 is 29.3 Å². The molecule has 20 atom stereocenters. The van der Waals surface area contributed by atoms with E-state index in [0.29, 0.717) is 5.56 Å². The van der Waals surface area contributed by atoms with E-state index in [1.54, 1.807) is 0 Å². The molecule has 3 aromatic carbocycles. The summed E-state index contributed by atoms with van der Waals surface area (Å²) in [5, 5.41) is 189. The number of benzene rings is 3. The van der Waals surface area contributed by atoms with Gasteiger partial charge < -0.3 is 139 Å². The third kappa shape index (κ3) is 13.9. The lowest BCUT2D eigenvalue weighted by atomic mass is 9.99. The van der Waals surface area contributed by atoms with Crippen LogP contribution in [-0.4, -0.2) is 259 Å². The Hall–Kier alpha value is -6.90. The summed E-state index contributed by atoms with van der Waals surface area (Å²) < 4.78 is 61.7. The molecule has 0 unspecified atom stereocenters. The molecular formula is C51H59O32+. The van der Waals surface area contributed by atoms with Gasteiger partial charge in [0, 0.05) is 30.3 Å². The van der Waals surface area contributed by atoms with Gasteiger partial charge in [-0.05, 0) is 23.8 Å². The Balaban J connectivity index is 1.07. The lowest BCUT2D eigenvalue weighted by Gasteiger charge is -2.40. The van der Waals surface area contributed by atoms with Crippen molar-refractivity contribution in [2.75, 3.05) is 26.4 Å². The highest BCUT2D eigenvalue weighted by Crippen LogP contribution is 2.47. The number of aliphatic hydroxyl groups excluding tert-OH is 14. The van der Waals surface area contributed by atoms with Crippen molar-refractivity contribution in [2.45, 2.75) is 129 Å². The lowest BCUT2D eigenvalue weighted by molar-refractivity contribution is -0.279. The molecule has 83 heavy (non-hydrogen) atoms. The van der Waals surface area contributed by atoms with Crippen molar-refractivity contribution in [3.8, 4) is 51.6 Å². The smallest absolute Gasteiger partial charge is 0.402 e. The van der Waals surface area contributed by atoms with Crippen LogP contribution in [-0.2, 0) is 42.8 Å². The highest BCUT2D eigenvalue weighted by atomic mass is 16.7. The molecule has 1 aromatic heterocycles. The van der Waals surface area contributed by atoms with E-state index in [-0.39, 0.29) is 22.3 Å². The highest BCUT2D eigenvalue weighted by Gasteiger charge is 2.50. The fourth-order valence-electron chi connectivity index (χ4n) is 8.89. The molecule has 0 aliphatic carbocycles. The van der Waals surface area contributed by atoms with E-state index in [1.807, 2.05) is 0 Å². The van der Waals surface area contributed by atoms with Crippen LogP contribution in [0.25, 0.3) is 28.4 Å². The van der Waals surface area contributed by atoms with Gasteiger partial charge in [-0.1, -0.05) is 12.1 Å². The molecule has 0 bridgehead atoms. The quantitative estimate of drug-likeness (QED) is 0.0180. The number of hydrogen-bond donors (Lipinski definition) is 18. The van der Waals surface area contributed by atoms with Crippen molar-refractivity contribution in [2.24, 2.45) is 0 Å². The molecule has 4 fully saturated rings. The minimum absolute atomic E-state index is 0.113. The molecule has 32 nitrogen and oxygen atoms in total. The van der Waals surface area contributed by atoms with Crippen LogP contribution in [0, 0.1) is 0 Å². The minimum atomic E-state index is -2.19. The number of esters is 2. The highest BCUT2D eigenvalue weighted by molar-refractivity contribution is 5.90. The summed E-state index contributed by atoms with van der Waals surface area (Å²) in [7, 11) is 0. The molecule has 0 saturated carbocycles. The number of carboxylic acid groups (broad SMARTS) is 1. The topological polar surface area (TPSA) is 519 Å². The van der Waals surface area contributed by atoms with Crippen LogP contribution in [0.1, 0.15) is 12.0 Å². The third-order valence-corrected chi connectivity index (χ3v) is 13.5. The van der Waals surface area contributed by atoms with Crippen molar-refractivity contribution in [3.63, 3.8) is 0 Å². The first-order valence-electron chi connectivity index (χ1n) is 25.1. The van der Waals surface area contributed by atoms with E-state index in [4.69, 9.17) is 56.9 Å². The van der Waals surface area contributed by atoms with Crippen LogP contribution in [0.4, 0.5) is 0 Å². The predicted molar refractivity (Wildman–Crippen MR) is 264 cm³/mol. The van der Waals surface area contributed by atoms with Gasteiger partial charge in [-0.2, -0.15) is 0 Å². The number of aromatic hydroxyl groups is 3. The number of fused-ring (bicyclic) bond motifs is 1. The molecule has 0 amide bonds. The van der Waals surface area contributed by atoms with Crippen LogP contribution in [0.15, 0.2) is 65.1 Å². The average Bonchev–Trinajstić information content (AvgIpc) is 3.64. The van der Waals surface area contributed by atoms with Gasteiger partial charge in [0.2, 0.25) is 36.7 Å². The van der Waals surface area contributed by atoms with E-state index in [1.165, 1.54) is 30.3 Å². The molecule has 8 rings (SSSR count). The van der Waals surface area contributed by atoms with Crippen molar-refractivity contribution < 1.29 is 158 Å². The molecule has 32 heteroatoms. The van der Waals surface area contributed by atoms with Crippen LogP contribution in [0.2, 0.25) is 0 Å². The fraction of sp³-hybridized carbons (Fsp3) is 0.490. The molecule has 4 saturated heterocycles. The number of aliphatic hydroxyl groups is 14. The van der Waals surface area contributed by atoms with E-state index in [2.05, 4.69) is 0 Å². The monoisotopic (exact) mass is 1180 g/mol. The van der Waals surface area contributed by atoms with E-state index < -0.39 is 214 Å². The second-order valence-corrected chi connectivity index (χ2v) is 19.3. The Labute approximate surface area is 465 Å². The zero-order valence-electron chi connectivity index (χ0n) is 42.7. The third-order valence-electron chi connectivity index (χ3n) is 13.5. The first-order chi connectivity index (χ1) is 39.4. The van der Waals surface area contributed by atoms with Crippen molar-refractivity contribution in [1.82, 2.24) is 0 Å². The van der Waals surface area contributed by atoms with Crippen LogP contribution < -0.4 is 18.9 Å². The number of ether oxygens (including phenoxy) is 10. The molecule has 0 radical (unpaired) electrons. The van der Waals surface area contributed by atoms with Crippen LogP contribution in [0.3, 0.4) is 0 Å². The maximum absolute atomic E-state index is 12.9. The van der Waals surface area contributed by atoms with Crippen LogP contribution >= 0.6 is 0 Å². The Kier molecular flexibility index (Phi) is 19.7. The molecule has 5 heterocycles. The first kappa shape index (κ1) is 62.2. The molecule has 4 aliphatic heterocycles. The summed E-state index contributed by atoms with van der Waals surface area (Å²) in [4.78, 5) is 36.0. The first-order valence-corrected chi connectivity index (χ1v) is 25.1. The van der Waals surface area contributed by atoms with E-state index in [0.717, 1.165) is 36.4 Å². The summed E-state index contributed by atoms with van der Waals surface area (Å²) in [6.07, 6.45) is -36.4. The number of carbonyl (C=O) groups is 3. The normalized spacial score (nSPS) is 33.8. The van der Waals surface area contributed by atoms with Gasteiger partial charge in [-0.25, -0.2) is 9.21 Å². The average molecular weight is 1180 g/mol. The largest absolute Gasteiger partial charge is 0.507 e. The summed E-state index contributed by atoms with van der Waals surface area (Å²) >= 11 is 0.